The van der Waals surface area contributed by atoms with Gasteiger partial charge in [0.25, 0.3) is 10.1 Å². The molecular weight excluding hydrogens is 230 g/mol. The molecule has 0 saturated carbocycles. The van der Waals surface area contributed by atoms with Crippen molar-refractivity contribution in [2.24, 2.45) is 0 Å². The monoisotopic (exact) mass is 237 g/mol. The van der Waals surface area contributed by atoms with Crippen LogP contribution in [0.25, 0.3) is 0 Å². The summed E-state index contributed by atoms with van der Waals surface area (Å²) in [6, 6.07) is 4.65. The summed E-state index contributed by atoms with van der Waals surface area (Å²) in [5.74, 6) is 0. The van der Waals surface area contributed by atoms with Crippen molar-refractivity contribution in [2.75, 3.05) is 4.72 Å². The number of hydrogen-bond acceptors (Lipinski definition) is 4. The van der Waals surface area contributed by atoms with E-state index in [9.17, 15) is 16.8 Å². The first-order chi connectivity index (χ1) is 6.39. The SMILES string of the molecule is O=[SH](=O)Nc1ccc(S(=O)(=O)O)cc1. The summed E-state index contributed by atoms with van der Waals surface area (Å²) in [6.45, 7) is 0. The van der Waals surface area contributed by atoms with Gasteiger partial charge in [-0.15, -0.1) is 0 Å². The molecule has 0 fully saturated rings. The molecule has 0 radical (unpaired) electrons. The molecule has 78 valence electrons. The summed E-state index contributed by atoms with van der Waals surface area (Å²) in [5.41, 5.74) is 0.230. The van der Waals surface area contributed by atoms with E-state index in [0.29, 0.717) is 0 Å². The highest BCUT2D eigenvalue weighted by Gasteiger charge is 2.07. The quantitative estimate of drug-likeness (QED) is 0.502. The van der Waals surface area contributed by atoms with Crippen molar-refractivity contribution in [2.45, 2.75) is 4.90 Å². The van der Waals surface area contributed by atoms with Gasteiger partial charge in [0.1, 0.15) is 0 Å². The number of thiol groups is 1. The van der Waals surface area contributed by atoms with Gasteiger partial charge in [-0.2, -0.15) is 8.42 Å². The van der Waals surface area contributed by atoms with E-state index in [-0.39, 0.29) is 10.6 Å². The maximum Gasteiger partial charge on any atom is 0.294 e. The van der Waals surface area contributed by atoms with E-state index in [1.54, 1.807) is 0 Å². The van der Waals surface area contributed by atoms with Crippen molar-refractivity contribution >= 4 is 26.7 Å². The Morgan fingerprint density at radius 2 is 1.64 bits per heavy atom. The highest BCUT2D eigenvalue weighted by Crippen LogP contribution is 2.13. The molecule has 2 N–H and O–H groups in total. The van der Waals surface area contributed by atoms with Crippen LogP contribution in [0.15, 0.2) is 29.2 Å². The van der Waals surface area contributed by atoms with E-state index >= 15 is 0 Å². The van der Waals surface area contributed by atoms with Crippen LogP contribution in [0, 0.1) is 0 Å². The van der Waals surface area contributed by atoms with Crippen LogP contribution in [0.3, 0.4) is 0 Å². The van der Waals surface area contributed by atoms with Gasteiger partial charge in [-0.3, -0.25) is 9.27 Å². The van der Waals surface area contributed by atoms with Crippen molar-refractivity contribution in [1.82, 2.24) is 0 Å². The van der Waals surface area contributed by atoms with E-state index in [2.05, 4.69) is 4.72 Å². The van der Waals surface area contributed by atoms with Crippen LogP contribution in [0.2, 0.25) is 0 Å². The molecule has 1 aromatic carbocycles. The lowest BCUT2D eigenvalue weighted by atomic mass is 10.3. The lowest BCUT2D eigenvalue weighted by Crippen LogP contribution is -1.99. The summed E-state index contributed by atoms with van der Waals surface area (Å²) in [7, 11) is -7.00. The molecule has 1 rings (SSSR count). The summed E-state index contributed by atoms with van der Waals surface area (Å²) in [6.07, 6.45) is 0. The number of anilines is 1. The van der Waals surface area contributed by atoms with Crippen LogP contribution in [0.5, 0.6) is 0 Å². The van der Waals surface area contributed by atoms with Crippen LogP contribution in [0.4, 0.5) is 5.69 Å². The summed E-state index contributed by atoms with van der Waals surface area (Å²) in [4.78, 5) is -0.288. The Balaban J connectivity index is 3.01. The minimum Gasteiger partial charge on any atom is -0.286 e. The summed E-state index contributed by atoms with van der Waals surface area (Å²) < 4.78 is 52.2. The van der Waals surface area contributed by atoms with Crippen LogP contribution >= 0.6 is 0 Å². The van der Waals surface area contributed by atoms with E-state index in [1.165, 1.54) is 12.1 Å². The summed E-state index contributed by atoms with van der Waals surface area (Å²) in [5, 5.41) is 0. The van der Waals surface area contributed by atoms with Crippen LogP contribution in [0.1, 0.15) is 0 Å². The second kappa shape index (κ2) is 3.95. The standard InChI is InChI=1S/C6H7NO5S2/c8-13(9)7-5-1-3-6(4-2-5)14(10,11)12/h1-4,13H,(H,7,8,9)(H,10,11,12). The topological polar surface area (TPSA) is 101 Å². The third-order valence-corrected chi connectivity index (χ3v) is 2.68. The van der Waals surface area contributed by atoms with Crippen molar-refractivity contribution in [3.05, 3.63) is 24.3 Å². The van der Waals surface area contributed by atoms with Gasteiger partial charge in [-0.05, 0) is 24.3 Å². The number of nitrogens with one attached hydrogen (secondary N) is 1. The molecule has 1 aromatic rings. The van der Waals surface area contributed by atoms with Crippen molar-refractivity contribution in [1.29, 1.82) is 0 Å². The Morgan fingerprint density at radius 3 is 2.00 bits per heavy atom. The molecule has 0 aliphatic carbocycles. The largest absolute Gasteiger partial charge is 0.294 e. The highest BCUT2D eigenvalue weighted by atomic mass is 32.2. The van der Waals surface area contributed by atoms with Gasteiger partial charge in [-0.1, -0.05) is 0 Å². The van der Waals surface area contributed by atoms with E-state index < -0.39 is 21.0 Å². The average molecular weight is 237 g/mol. The number of rotatable bonds is 3. The fourth-order valence-corrected chi connectivity index (χ4v) is 1.65. The van der Waals surface area contributed by atoms with Crippen molar-refractivity contribution in [3.8, 4) is 0 Å². The zero-order chi connectivity index (χ0) is 10.8. The molecule has 0 unspecified atom stereocenters. The normalized spacial score (nSPS) is 11.6. The molecule has 0 aliphatic heterocycles. The molecule has 0 aliphatic rings. The molecule has 0 bridgehead atoms. The third-order valence-electron chi connectivity index (χ3n) is 1.37. The van der Waals surface area contributed by atoms with Gasteiger partial charge in [0.15, 0.2) is 0 Å². The molecule has 0 heterocycles. The highest BCUT2D eigenvalue weighted by molar-refractivity contribution is 7.85. The molecule has 0 aromatic heterocycles. The molecular formula is C6H7NO5S2. The second-order valence-corrected chi connectivity index (χ2v) is 4.53. The van der Waals surface area contributed by atoms with Crippen LogP contribution in [-0.2, 0) is 21.0 Å². The first-order valence-corrected chi connectivity index (χ1v) is 6.00. The zero-order valence-corrected chi connectivity index (χ0v) is 8.46. The Labute approximate surface area is 82.4 Å². The Morgan fingerprint density at radius 1 is 1.14 bits per heavy atom. The Hall–Kier alpha value is -1.12. The average Bonchev–Trinajstić information content (AvgIpc) is 2.02. The van der Waals surface area contributed by atoms with E-state index in [0.717, 1.165) is 12.1 Å². The van der Waals surface area contributed by atoms with Gasteiger partial charge in [0.05, 0.1) is 4.90 Å². The molecule has 6 nitrogen and oxygen atoms in total. The minimum absolute atomic E-state index is 0.230. The first-order valence-electron chi connectivity index (χ1n) is 3.38. The first kappa shape index (κ1) is 11.0. The smallest absolute Gasteiger partial charge is 0.286 e. The lowest BCUT2D eigenvalue weighted by Gasteiger charge is -1.99. The molecule has 0 atom stereocenters. The fraction of sp³-hybridized carbons (Fsp3) is 0. The molecule has 8 heteroatoms. The maximum absolute atomic E-state index is 10.6. The van der Waals surface area contributed by atoms with E-state index in [1.807, 2.05) is 0 Å². The molecule has 0 saturated heterocycles. The molecule has 14 heavy (non-hydrogen) atoms. The van der Waals surface area contributed by atoms with Gasteiger partial charge in [0.2, 0.25) is 10.9 Å². The third kappa shape index (κ3) is 2.98. The number of benzene rings is 1. The van der Waals surface area contributed by atoms with Crippen LogP contribution in [-0.4, -0.2) is 21.4 Å². The van der Waals surface area contributed by atoms with Crippen molar-refractivity contribution in [3.63, 3.8) is 0 Å². The molecule has 0 spiro atoms. The Kier molecular flexibility index (Phi) is 3.09. The van der Waals surface area contributed by atoms with E-state index in [4.69, 9.17) is 4.55 Å². The van der Waals surface area contributed by atoms with Crippen molar-refractivity contribution < 1.29 is 21.4 Å². The summed E-state index contributed by atoms with van der Waals surface area (Å²) >= 11 is 0. The minimum atomic E-state index is -4.23. The van der Waals surface area contributed by atoms with Crippen LogP contribution < -0.4 is 4.72 Å². The van der Waals surface area contributed by atoms with Gasteiger partial charge >= 0.3 is 0 Å². The maximum atomic E-state index is 10.6. The zero-order valence-electron chi connectivity index (χ0n) is 6.75. The predicted octanol–water partition coefficient (Wildman–Crippen LogP) is -0.128. The van der Waals surface area contributed by atoms with Gasteiger partial charge in [0, 0.05) is 5.69 Å². The second-order valence-electron chi connectivity index (χ2n) is 2.37. The van der Waals surface area contributed by atoms with Gasteiger partial charge < -0.3 is 0 Å². The Bertz CT molecular complexity index is 479. The fourth-order valence-electron chi connectivity index (χ4n) is 0.807. The van der Waals surface area contributed by atoms with Gasteiger partial charge in [-0.25, -0.2) is 8.42 Å². The lowest BCUT2D eigenvalue weighted by molar-refractivity contribution is 0.483. The number of hydrogen-bond donors (Lipinski definition) is 3. The predicted molar refractivity (Wildman–Crippen MR) is 50.2 cm³/mol. The molecule has 0 amide bonds.